The maximum Gasteiger partial charge on any atom is 0.252 e. The Morgan fingerprint density at radius 2 is 1.60 bits per heavy atom. The lowest BCUT2D eigenvalue weighted by Crippen LogP contribution is -2.29. The van der Waals surface area contributed by atoms with Crippen molar-refractivity contribution in [1.29, 1.82) is 0 Å². The van der Waals surface area contributed by atoms with Crippen LogP contribution in [0.15, 0.2) is 48.5 Å². The van der Waals surface area contributed by atoms with Crippen LogP contribution in [0.25, 0.3) is 0 Å². The molecule has 0 unspecified atom stereocenters. The summed E-state index contributed by atoms with van der Waals surface area (Å²) < 4.78 is 0. The average Bonchev–Trinajstić information content (AvgIpc) is 2.46. The molecule has 2 aromatic carbocycles. The molecule has 1 N–H and O–H groups in total. The van der Waals surface area contributed by atoms with Crippen LogP contribution in [0.5, 0.6) is 0 Å². The van der Waals surface area contributed by atoms with Gasteiger partial charge < -0.3 is 15.2 Å². The predicted octanol–water partition coefficient (Wildman–Crippen LogP) is 1.29. The number of carbonyl (C=O) groups excluding carboxylic acids is 2. The van der Waals surface area contributed by atoms with Gasteiger partial charge in [-0.2, -0.15) is 0 Å². The quantitative estimate of drug-likeness (QED) is 0.908. The fraction of sp³-hybridized carbons (Fsp3) is 0.125. The Bertz CT molecular complexity index is 650. The summed E-state index contributed by atoms with van der Waals surface area (Å²) in [5.74, 6) is -1.78. The molecule has 2 rings (SSSR count). The first-order chi connectivity index (χ1) is 9.59. The molecule has 2 aromatic rings. The molecule has 0 bridgehead atoms. The fourth-order valence-electron chi connectivity index (χ4n) is 1.94. The van der Waals surface area contributed by atoms with Gasteiger partial charge in [-0.25, -0.2) is 0 Å². The van der Waals surface area contributed by atoms with E-state index < -0.39 is 11.9 Å². The minimum atomic E-state index is -1.35. The van der Waals surface area contributed by atoms with Crippen molar-refractivity contribution in [3.05, 3.63) is 70.8 Å². The van der Waals surface area contributed by atoms with E-state index in [1.807, 2.05) is 31.2 Å². The van der Waals surface area contributed by atoms with Crippen LogP contribution >= 0.6 is 0 Å². The predicted molar refractivity (Wildman–Crippen MR) is 73.1 cm³/mol. The molecular formula is C16H14NO3-. The summed E-state index contributed by atoms with van der Waals surface area (Å²) in [6.07, 6.45) is 0. The van der Waals surface area contributed by atoms with Crippen molar-refractivity contribution in [3.8, 4) is 0 Å². The Hall–Kier alpha value is -2.62. The van der Waals surface area contributed by atoms with E-state index in [-0.39, 0.29) is 11.1 Å². The second-order valence-corrected chi connectivity index (χ2v) is 4.44. The van der Waals surface area contributed by atoms with E-state index in [2.05, 4.69) is 5.32 Å². The molecule has 1 amide bonds. The van der Waals surface area contributed by atoms with Crippen LogP contribution in [0.1, 0.15) is 31.8 Å². The lowest BCUT2D eigenvalue weighted by molar-refractivity contribution is -0.255. The van der Waals surface area contributed by atoms with Crippen LogP contribution in [-0.4, -0.2) is 11.9 Å². The SMILES string of the molecule is Cc1ccccc1CNC(=O)c1ccccc1C(=O)[O-]. The highest BCUT2D eigenvalue weighted by Crippen LogP contribution is 2.10. The molecule has 0 saturated carbocycles. The van der Waals surface area contributed by atoms with E-state index in [9.17, 15) is 14.7 Å². The van der Waals surface area contributed by atoms with Gasteiger partial charge in [0.2, 0.25) is 0 Å². The number of amides is 1. The van der Waals surface area contributed by atoms with Crippen molar-refractivity contribution in [2.45, 2.75) is 13.5 Å². The largest absolute Gasteiger partial charge is 0.545 e. The Balaban J connectivity index is 2.14. The van der Waals surface area contributed by atoms with Gasteiger partial charge in [0, 0.05) is 17.7 Å². The average molecular weight is 268 g/mol. The fourth-order valence-corrected chi connectivity index (χ4v) is 1.94. The van der Waals surface area contributed by atoms with E-state index in [1.54, 1.807) is 12.1 Å². The standard InChI is InChI=1S/C16H15NO3/c1-11-6-2-3-7-12(11)10-17-15(18)13-8-4-5-9-14(13)16(19)20/h2-9H,10H2,1H3,(H,17,18)(H,19,20)/p-1. The van der Waals surface area contributed by atoms with Crippen molar-refractivity contribution in [2.75, 3.05) is 0 Å². The first kappa shape index (κ1) is 13.8. The van der Waals surface area contributed by atoms with Crippen LogP contribution < -0.4 is 10.4 Å². The number of benzene rings is 2. The van der Waals surface area contributed by atoms with Crippen LogP contribution in [-0.2, 0) is 6.54 Å². The summed E-state index contributed by atoms with van der Waals surface area (Å²) in [5, 5.41) is 13.7. The highest BCUT2D eigenvalue weighted by atomic mass is 16.4. The summed E-state index contributed by atoms with van der Waals surface area (Å²) in [6, 6.07) is 13.7. The molecule has 4 nitrogen and oxygen atoms in total. The van der Waals surface area contributed by atoms with Crippen LogP contribution in [0.4, 0.5) is 0 Å². The molecule has 0 fully saturated rings. The Labute approximate surface area is 117 Å². The highest BCUT2D eigenvalue weighted by molar-refractivity contribution is 6.04. The Morgan fingerprint density at radius 1 is 1.00 bits per heavy atom. The van der Waals surface area contributed by atoms with Crippen molar-refractivity contribution in [2.24, 2.45) is 0 Å². The number of aryl methyl sites for hydroxylation is 1. The molecule has 0 aromatic heterocycles. The van der Waals surface area contributed by atoms with E-state index >= 15 is 0 Å². The number of carboxylic acid groups (broad SMARTS) is 1. The van der Waals surface area contributed by atoms with Crippen molar-refractivity contribution < 1.29 is 14.7 Å². The lowest BCUT2D eigenvalue weighted by Gasteiger charge is -2.11. The number of carboxylic acids is 1. The number of nitrogens with one attached hydrogen (secondary N) is 1. The Morgan fingerprint density at radius 3 is 2.25 bits per heavy atom. The van der Waals surface area contributed by atoms with Gasteiger partial charge in [0.1, 0.15) is 0 Å². The van der Waals surface area contributed by atoms with Gasteiger partial charge in [0.05, 0.1) is 5.97 Å². The highest BCUT2D eigenvalue weighted by Gasteiger charge is 2.11. The topological polar surface area (TPSA) is 69.2 Å². The molecule has 0 radical (unpaired) electrons. The van der Waals surface area contributed by atoms with E-state index in [1.165, 1.54) is 12.1 Å². The normalized spacial score (nSPS) is 10.1. The zero-order chi connectivity index (χ0) is 14.5. The van der Waals surface area contributed by atoms with Crippen molar-refractivity contribution >= 4 is 11.9 Å². The summed E-state index contributed by atoms with van der Waals surface area (Å²) in [4.78, 5) is 23.0. The van der Waals surface area contributed by atoms with Gasteiger partial charge in [-0.15, -0.1) is 0 Å². The molecule has 0 spiro atoms. The summed E-state index contributed by atoms with van der Waals surface area (Å²) in [7, 11) is 0. The monoisotopic (exact) mass is 268 g/mol. The van der Waals surface area contributed by atoms with Gasteiger partial charge in [0.15, 0.2) is 0 Å². The molecule has 0 atom stereocenters. The molecule has 0 aliphatic carbocycles. The number of carbonyl (C=O) groups is 2. The number of hydrogen-bond acceptors (Lipinski definition) is 3. The third-order valence-electron chi connectivity index (χ3n) is 3.09. The van der Waals surface area contributed by atoms with E-state index in [4.69, 9.17) is 0 Å². The number of aromatic carboxylic acids is 1. The second kappa shape index (κ2) is 6.02. The first-order valence-corrected chi connectivity index (χ1v) is 6.22. The second-order valence-electron chi connectivity index (χ2n) is 4.44. The van der Waals surface area contributed by atoms with E-state index in [0.29, 0.717) is 6.54 Å². The minimum absolute atomic E-state index is 0.102. The van der Waals surface area contributed by atoms with Gasteiger partial charge in [-0.05, 0) is 24.1 Å². The van der Waals surface area contributed by atoms with Gasteiger partial charge in [-0.3, -0.25) is 4.79 Å². The third-order valence-corrected chi connectivity index (χ3v) is 3.09. The van der Waals surface area contributed by atoms with Gasteiger partial charge in [0.25, 0.3) is 5.91 Å². The van der Waals surface area contributed by atoms with Crippen LogP contribution in [0, 0.1) is 6.92 Å². The summed E-state index contributed by atoms with van der Waals surface area (Å²) in [5.41, 5.74) is 2.07. The van der Waals surface area contributed by atoms with Crippen molar-refractivity contribution in [1.82, 2.24) is 5.32 Å². The smallest absolute Gasteiger partial charge is 0.252 e. The zero-order valence-electron chi connectivity index (χ0n) is 11.1. The maximum absolute atomic E-state index is 12.1. The molecule has 0 aliphatic heterocycles. The molecule has 0 saturated heterocycles. The molecule has 102 valence electrons. The molecule has 0 heterocycles. The molecule has 4 heteroatoms. The third kappa shape index (κ3) is 3.03. The Kier molecular flexibility index (Phi) is 4.15. The van der Waals surface area contributed by atoms with Crippen LogP contribution in [0.3, 0.4) is 0 Å². The number of rotatable bonds is 4. The zero-order valence-corrected chi connectivity index (χ0v) is 11.1. The summed E-state index contributed by atoms with van der Waals surface area (Å²) >= 11 is 0. The minimum Gasteiger partial charge on any atom is -0.545 e. The summed E-state index contributed by atoms with van der Waals surface area (Å²) in [6.45, 7) is 2.31. The van der Waals surface area contributed by atoms with Gasteiger partial charge >= 0.3 is 0 Å². The molecular weight excluding hydrogens is 254 g/mol. The number of hydrogen-bond donors (Lipinski definition) is 1. The van der Waals surface area contributed by atoms with E-state index in [0.717, 1.165) is 11.1 Å². The van der Waals surface area contributed by atoms with Crippen LogP contribution in [0.2, 0.25) is 0 Å². The lowest BCUT2D eigenvalue weighted by atomic mass is 10.1. The van der Waals surface area contributed by atoms with Crippen molar-refractivity contribution in [3.63, 3.8) is 0 Å². The molecule has 0 aliphatic rings. The maximum atomic E-state index is 12.1. The first-order valence-electron chi connectivity index (χ1n) is 6.22. The van der Waals surface area contributed by atoms with Gasteiger partial charge in [-0.1, -0.05) is 42.5 Å². The molecule has 20 heavy (non-hydrogen) atoms.